The number of rotatable bonds is 2. The van der Waals surface area contributed by atoms with E-state index in [0.29, 0.717) is 12.8 Å². The van der Waals surface area contributed by atoms with Crippen LogP contribution in [0.25, 0.3) is 0 Å². The summed E-state index contributed by atoms with van der Waals surface area (Å²) >= 11 is 0. The lowest BCUT2D eigenvalue weighted by atomic mass is 9.70. The van der Waals surface area contributed by atoms with Gasteiger partial charge in [-0.2, -0.15) is 5.26 Å². The van der Waals surface area contributed by atoms with Crippen LogP contribution in [0.1, 0.15) is 24.8 Å². The highest BCUT2D eigenvalue weighted by molar-refractivity contribution is 5.89. The predicted octanol–water partition coefficient (Wildman–Crippen LogP) is 2.01. The first-order chi connectivity index (χ1) is 9.13. The minimum absolute atomic E-state index is 0.0202. The molecule has 1 unspecified atom stereocenters. The molecule has 0 saturated heterocycles. The lowest BCUT2D eigenvalue weighted by molar-refractivity contribution is -0.136. The maximum absolute atomic E-state index is 11.7. The summed E-state index contributed by atoms with van der Waals surface area (Å²) in [4.78, 5) is 15.6. The van der Waals surface area contributed by atoms with E-state index in [0.717, 1.165) is 5.56 Å². The van der Waals surface area contributed by atoms with Crippen molar-refractivity contribution in [3.8, 4) is 6.07 Å². The minimum atomic E-state index is -0.807. The van der Waals surface area contributed by atoms with E-state index < -0.39 is 11.4 Å². The van der Waals surface area contributed by atoms with E-state index in [1.807, 2.05) is 0 Å². The molecule has 2 rings (SSSR count). The van der Waals surface area contributed by atoms with Crippen LogP contribution in [0, 0.1) is 11.3 Å². The highest BCUT2D eigenvalue weighted by Gasteiger charge is 2.40. The van der Waals surface area contributed by atoms with E-state index in [9.17, 15) is 15.2 Å². The summed E-state index contributed by atoms with van der Waals surface area (Å²) in [6.07, 6.45) is 4.15. The Hall–Kier alpha value is -2.35. The van der Waals surface area contributed by atoms with Crippen molar-refractivity contribution in [2.45, 2.75) is 24.7 Å². The van der Waals surface area contributed by atoms with Gasteiger partial charge in [-0.3, -0.25) is 4.98 Å². The summed E-state index contributed by atoms with van der Waals surface area (Å²) < 4.78 is 4.66. The molecule has 1 aromatic heterocycles. The Labute approximate surface area is 111 Å². The summed E-state index contributed by atoms with van der Waals surface area (Å²) in [6.45, 7) is 0. The third-order valence-electron chi connectivity index (χ3n) is 3.49. The van der Waals surface area contributed by atoms with Crippen LogP contribution in [0.15, 0.2) is 35.9 Å². The van der Waals surface area contributed by atoms with Crippen LogP contribution in [-0.4, -0.2) is 23.2 Å². The largest absolute Gasteiger partial charge is 0.512 e. The fourth-order valence-electron chi connectivity index (χ4n) is 2.37. The number of aliphatic hydroxyl groups is 1. The molecule has 0 aliphatic heterocycles. The number of esters is 1. The fraction of sp³-hybridized carbons (Fsp3) is 0.357. The Kier molecular flexibility index (Phi) is 3.52. The Balaban J connectivity index is 2.42. The second-order valence-corrected chi connectivity index (χ2v) is 4.52. The lowest BCUT2D eigenvalue weighted by Gasteiger charge is -2.31. The van der Waals surface area contributed by atoms with Gasteiger partial charge in [-0.1, -0.05) is 0 Å². The summed E-state index contributed by atoms with van der Waals surface area (Å²) in [5, 5.41) is 19.3. The third-order valence-corrected chi connectivity index (χ3v) is 3.49. The molecule has 0 saturated carbocycles. The first-order valence-electron chi connectivity index (χ1n) is 5.94. The molecule has 1 aliphatic rings. The molecule has 1 heterocycles. The Morgan fingerprint density at radius 2 is 2.21 bits per heavy atom. The van der Waals surface area contributed by atoms with Crippen LogP contribution < -0.4 is 0 Å². The molecule has 0 fully saturated rings. The molecule has 1 atom stereocenters. The third kappa shape index (κ3) is 2.29. The van der Waals surface area contributed by atoms with Gasteiger partial charge in [0.25, 0.3) is 0 Å². The topological polar surface area (TPSA) is 83.2 Å². The lowest BCUT2D eigenvalue weighted by Crippen LogP contribution is -2.31. The molecule has 1 aliphatic carbocycles. The van der Waals surface area contributed by atoms with Gasteiger partial charge in [0.1, 0.15) is 5.76 Å². The maximum atomic E-state index is 11.7. The highest BCUT2D eigenvalue weighted by atomic mass is 16.5. The van der Waals surface area contributed by atoms with Crippen LogP contribution in [0.4, 0.5) is 0 Å². The zero-order chi connectivity index (χ0) is 13.9. The second-order valence-electron chi connectivity index (χ2n) is 4.52. The average molecular weight is 258 g/mol. The number of carbonyl (C=O) groups is 1. The number of nitriles is 1. The normalized spacial score (nSPS) is 22.7. The van der Waals surface area contributed by atoms with Crippen molar-refractivity contribution < 1.29 is 14.6 Å². The summed E-state index contributed by atoms with van der Waals surface area (Å²) in [7, 11) is 1.26. The Morgan fingerprint density at radius 1 is 1.53 bits per heavy atom. The molecule has 19 heavy (non-hydrogen) atoms. The van der Waals surface area contributed by atoms with Crippen LogP contribution in [0.2, 0.25) is 0 Å². The Bertz CT molecular complexity index is 560. The summed E-state index contributed by atoms with van der Waals surface area (Å²) in [6, 6.07) is 5.81. The van der Waals surface area contributed by atoms with Crippen molar-refractivity contribution in [2.24, 2.45) is 0 Å². The quantitative estimate of drug-likeness (QED) is 0.820. The summed E-state index contributed by atoms with van der Waals surface area (Å²) in [5.41, 5.74) is 0.185. The molecule has 5 heteroatoms. The molecule has 98 valence electrons. The van der Waals surface area contributed by atoms with Crippen LogP contribution in [0.3, 0.4) is 0 Å². The van der Waals surface area contributed by atoms with E-state index in [1.54, 1.807) is 24.5 Å². The van der Waals surface area contributed by atoms with Crippen LogP contribution in [0.5, 0.6) is 0 Å². The number of carbonyl (C=O) groups excluding carboxylic acids is 1. The molecular formula is C14H14N2O3. The number of methoxy groups -OCH3 is 1. The number of nitrogens with zero attached hydrogens (tertiary/aromatic N) is 2. The molecule has 0 amide bonds. The van der Waals surface area contributed by atoms with Crippen molar-refractivity contribution >= 4 is 5.97 Å². The van der Waals surface area contributed by atoms with Crippen molar-refractivity contribution in [2.75, 3.05) is 7.11 Å². The van der Waals surface area contributed by atoms with E-state index in [1.165, 1.54) is 7.11 Å². The van der Waals surface area contributed by atoms with Crippen molar-refractivity contribution in [1.82, 2.24) is 4.98 Å². The van der Waals surface area contributed by atoms with Crippen LogP contribution >= 0.6 is 0 Å². The van der Waals surface area contributed by atoms with E-state index in [2.05, 4.69) is 15.8 Å². The smallest absolute Gasteiger partial charge is 0.337 e. The maximum Gasteiger partial charge on any atom is 0.337 e. The molecule has 1 N–H and O–H groups in total. The first-order valence-corrected chi connectivity index (χ1v) is 5.94. The molecule has 0 aromatic carbocycles. The van der Waals surface area contributed by atoms with Gasteiger partial charge in [-0.05, 0) is 24.1 Å². The molecule has 1 aromatic rings. The number of hydrogen-bond acceptors (Lipinski definition) is 5. The standard InChI is InChI=1S/C14H14N2O3/c1-19-13(18)11-8-14(9-15,5-2-12(11)17)10-3-6-16-7-4-10/h3-4,6-7,17H,2,5,8H2,1H3. The number of aliphatic hydroxyl groups excluding tert-OH is 1. The number of pyridine rings is 1. The molecule has 0 radical (unpaired) electrons. The summed E-state index contributed by atoms with van der Waals surface area (Å²) in [5.74, 6) is -0.558. The molecule has 5 nitrogen and oxygen atoms in total. The average Bonchev–Trinajstić information content (AvgIpc) is 2.48. The van der Waals surface area contributed by atoms with Gasteiger partial charge < -0.3 is 9.84 Å². The molecule has 0 spiro atoms. The first kappa shape index (κ1) is 13.1. The van der Waals surface area contributed by atoms with Gasteiger partial charge in [-0.25, -0.2) is 4.79 Å². The highest BCUT2D eigenvalue weighted by Crippen LogP contribution is 2.41. The van der Waals surface area contributed by atoms with Crippen molar-refractivity contribution in [3.05, 3.63) is 41.4 Å². The molecular weight excluding hydrogens is 244 g/mol. The Morgan fingerprint density at radius 3 is 2.79 bits per heavy atom. The van der Waals surface area contributed by atoms with Gasteiger partial charge in [-0.15, -0.1) is 0 Å². The van der Waals surface area contributed by atoms with Gasteiger partial charge in [0, 0.05) is 25.2 Å². The van der Waals surface area contributed by atoms with Crippen LogP contribution in [-0.2, 0) is 14.9 Å². The van der Waals surface area contributed by atoms with Gasteiger partial charge >= 0.3 is 5.97 Å². The van der Waals surface area contributed by atoms with Crippen molar-refractivity contribution in [1.29, 1.82) is 5.26 Å². The minimum Gasteiger partial charge on any atom is -0.512 e. The van der Waals surface area contributed by atoms with E-state index in [4.69, 9.17) is 0 Å². The van der Waals surface area contributed by atoms with Crippen molar-refractivity contribution in [3.63, 3.8) is 0 Å². The van der Waals surface area contributed by atoms with Gasteiger partial charge in [0.15, 0.2) is 0 Å². The van der Waals surface area contributed by atoms with E-state index >= 15 is 0 Å². The monoisotopic (exact) mass is 258 g/mol. The SMILES string of the molecule is COC(=O)C1=C(O)CCC(C#N)(c2ccncc2)C1. The van der Waals surface area contributed by atoms with Gasteiger partial charge in [0.2, 0.25) is 0 Å². The number of ether oxygens (including phenoxy) is 1. The van der Waals surface area contributed by atoms with Gasteiger partial charge in [0.05, 0.1) is 24.2 Å². The number of allylic oxidation sites excluding steroid dienone is 1. The zero-order valence-corrected chi connectivity index (χ0v) is 10.6. The molecule has 0 bridgehead atoms. The van der Waals surface area contributed by atoms with E-state index in [-0.39, 0.29) is 17.8 Å². The fourth-order valence-corrected chi connectivity index (χ4v) is 2.37. The predicted molar refractivity (Wildman–Crippen MR) is 67.0 cm³/mol. The second kappa shape index (κ2) is 5.11. The number of hydrogen-bond donors (Lipinski definition) is 1. The zero-order valence-electron chi connectivity index (χ0n) is 10.6. The number of aromatic nitrogens is 1.